The average Bonchev–Trinajstić information content (AvgIpc) is 2.26. The highest BCUT2D eigenvalue weighted by atomic mass is 16.5. The maximum absolute atomic E-state index is 11.4. The van der Waals surface area contributed by atoms with Gasteiger partial charge in [-0.25, -0.2) is 0 Å². The Labute approximate surface area is 85.4 Å². The van der Waals surface area contributed by atoms with Crippen LogP contribution in [0.15, 0.2) is 0 Å². The summed E-state index contributed by atoms with van der Waals surface area (Å²) >= 11 is 0. The minimum Gasteiger partial charge on any atom is -0.377 e. The van der Waals surface area contributed by atoms with Gasteiger partial charge in [-0.1, -0.05) is 6.92 Å². The van der Waals surface area contributed by atoms with Gasteiger partial charge in [-0.3, -0.25) is 4.79 Å². The standard InChI is InChI=1S/C10H20N2O2/c1-2-10(13)12-6-3-9(4-7-12)14-8-5-11/h9H,2-8,11H2,1H3. The van der Waals surface area contributed by atoms with Crippen LogP contribution >= 0.6 is 0 Å². The van der Waals surface area contributed by atoms with Gasteiger partial charge < -0.3 is 15.4 Å². The summed E-state index contributed by atoms with van der Waals surface area (Å²) in [6, 6.07) is 0. The molecule has 82 valence electrons. The van der Waals surface area contributed by atoms with E-state index in [0.717, 1.165) is 25.9 Å². The Bertz CT molecular complexity index is 177. The van der Waals surface area contributed by atoms with Gasteiger partial charge in [0.2, 0.25) is 5.91 Å². The van der Waals surface area contributed by atoms with Crippen LogP contribution in [-0.4, -0.2) is 43.2 Å². The normalized spacial score (nSPS) is 18.6. The number of nitrogens with zero attached hydrogens (tertiary/aromatic N) is 1. The van der Waals surface area contributed by atoms with Crippen LogP contribution in [-0.2, 0) is 9.53 Å². The molecule has 14 heavy (non-hydrogen) atoms. The fourth-order valence-corrected chi connectivity index (χ4v) is 1.73. The quantitative estimate of drug-likeness (QED) is 0.713. The smallest absolute Gasteiger partial charge is 0.222 e. The molecule has 0 radical (unpaired) electrons. The second-order valence-corrected chi connectivity index (χ2v) is 3.59. The predicted molar refractivity (Wildman–Crippen MR) is 54.9 cm³/mol. The number of rotatable bonds is 4. The van der Waals surface area contributed by atoms with E-state index in [1.807, 2.05) is 11.8 Å². The van der Waals surface area contributed by atoms with Crippen LogP contribution in [0.25, 0.3) is 0 Å². The molecule has 1 fully saturated rings. The molecule has 4 heteroatoms. The first-order chi connectivity index (χ1) is 6.77. The van der Waals surface area contributed by atoms with Crippen LogP contribution in [0.3, 0.4) is 0 Å². The highest BCUT2D eigenvalue weighted by molar-refractivity contribution is 5.75. The van der Waals surface area contributed by atoms with Crippen molar-refractivity contribution in [3.63, 3.8) is 0 Å². The molecule has 0 saturated carbocycles. The molecule has 0 aromatic heterocycles. The number of carbonyl (C=O) groups excluding carboxylic acids is 1. The zero-order chi connectivity index (χ0) is 10.4. The topological polar surface area (TPSA) is 55.6 Å². The van der Waals surface area contributed by atoms with Gasteiger partial charge in [0.25, 0.3) is 0 Å². The lowest BCUT2D eigenvalue weighted by molar-refractivity contribution is -0.133. The minimum absolute atomic E-state index is 0.252. The van der Waals surface area contributed by atoms with E-state index in [4.69, 9.17) is 10.5 Å². The Morgan fingerprint density at radius 2 is 2.14 bits per heavy atom. The molecule has 1 rings (SSSR count). The van der Waals surface area contributed by atoms with Gasteiger partial charge in [0.05, 0.1) is 12.7 Å². The van der Waals surface area contributed by atoms with E-state index < -0.39 is 0 Å². The Morgan fingerprint density at radius 1 is 1.50 bits per heavy atom. The third kappa shape index (κ3) is 3.27. The van der Waals surface area contributed by atoms with Crippen molar-refractivity contribution in [2.75, 3.05) is 26.2 Å². The number of carbonyl (C=O) groups is 1. The fourth-order valence-electron chi connectivity index (χ4n) is 1.73. The molecule has 1 heterocycles. The summed E-state index contributed by atoms with van der Waals surface area (Å²) in [5.41, 5.74) is 5.35. The van der Waals surface area contributed by atoms with E-state index in [9.17, 15) is 4.79 Å². The first-order valence-corrected chi connectivity index (χ1v) is 5.37. The number of amides is 1. The highest BCUT2D eigenvalue weighted by Gasteiger charge is 2.21. The van der Waals surface area contributed by atoms with Crippen molar-refractivity contribution in [2.45, 2.75) is 32.3 Å². The van der Waals surface area contributed by atoms with Crippen LogP contribution in [0, 0.1) is 0 Å². The maximum atomic E-state index is 11.4. The van der Waals surface area contributed by atoms with Crippen LogP contribution in [0.1, 0.15) is 26.2 Å². The number of nitrogens with two attached hydrogens (primary N) is 1. The Morgan fingerprint density at radius 3 is 2.64 bits per heavy atom. The van der Waals surface area contributed by atoms with Gasteiger partial charge in [-0.15, -0.1) is 0 Å². The number of likely N-dealkylation sites (tertiary alicyclic amines) is 1. The van der Waals surface area contributed by atoms with Crippen molar-refractivity contribution in [1.82, 2.24) is 4.90 Å². The van der Waals surface area contributed by atoms with Crippen molar-refractivity contribution in [1.29, 1.82) is 0 Å². The zero-order valence-corrected chi connectivity index (χ0v) is 8.87. The van der Waals surface area contributed by atoms with Crippen molar-refractivity contribution < 1.29 is 9.53 Å². The molecule has 2 N–H and O–H groups in total. The molecule has 0 aromatic rings. The van der Waals surface area contributed by atoms with E-state index >= 15 is 0 Å². The lowest BCUT2D eigenvalue weighted by Gasteiger charge is -2.31. The third-order valence-electron chi connectivity index (χ3n) is 2.57. The van der Waals surface area contributed by atoms with E-state index in [0.29, 0.717) is 25.7 Å². The maximum Gasteiger partial charge on any atom is 0.222 e. The van der Waals surface area contributed by atoms with Gasteiger partial charge in [0.15, 0.2) is 0 Å². The summed E-state index contributed by atoms with van der Waals surface area (Å²) in [6.45, 7) is 4.78. The Kier molecular flexibility index (Phi) is 4.90. The molecule has 0 unspecified atom stereocenters. The van der Waals surface area contributed by atoms with Gasteiger partial charge in [-0.2, -0.15) is 0 Å². The van der Waals surface area contributed by atoms with E-state index in [1.54, 1.807) is 0 Å². The molecule has 0 spiro atoms. The van der Waals surface area contributed by atoms with Crippen molar-refractivity contribution in [3.8, 4) is 0 Å². The molecule has 1 aliphatic rings. The van der Waals surface area contributed by atoms with Crippen molar-refractivity contribution in [2.24, 2.45) is 5.73 Å². The second kappa shape index (κ2) is 5.98. The molecular weight excluding hydrogens is 180 g/mol. The molecule has 1 aliphatic heterocycles. The molecule has 0 aliphatic carbocycles. The summed E-state index contributed by atoms with van der Waals surface area (Å²) in [6.07, 6.45) is 2.81. The fraction of sp³-hybridized carbons (Fsp3) is 0.900. The highest BCUT2D eigenvalue weighted by Crippen LogP contribution is 2.14. The van der Waals surface area contributed by atoms with E-state index in [2.05, 4.69) is 0 Å². The largest absolute Gasteiger partial charge is 0.377 e. The van der Waals surface area contributed by atoms with Gasteiger partial charge in [0.1, 0.15) is 0 Å². The van der Waals surface area contributed by atoms with Crippen molar-refractivity contribution in [3.05, 3.63) is 0 Å². The molecule has 0 atom stereocenters. The number of piperidine rings is 1. The van der Waals surface area contributed by atoms with Crippen LogP contribution < -0.4 is 5.73 Å². The van der Waals surface area contributed by atoms with Crippen LogP contribution in [0.5, 0.6) is 0 Å². The minimum atomic E-state index is 0.252. The lowest BCUT2D eigenvalue weighted by atomic mass is 10.1. The summed E-state index contributed by atoms with van der Waals surface area (Å²) in [7, 11) is 0. The summed E-state index contributed by atoms with van der Waals surface area (Å²) in [5.74, 6) is 0.252. The molecule has 4 nitrogen and oxygen atoms in total. The number of hydrogen-bond acceptors (Lipinski definition) is 3. The SMILES string of the molecule is CCC(=O)N1CCC(OCCN)CC1. The molecular formula is C10H20N2O2. The van der Waals surface area contributed by atoms with Gasteiger partial charge in [-0.05, 0) is 12.8 Å². The van der Waals surface area contributed by atoms with E-state index in [1.165, 1.54) is 0 Å². The third-order valence-corrected chi connectivity index (χ3v) is 2.57. The first-order valence-electron chi connectivity index (χ1n) is 5.37. The molecule has 0 bridgehead atoms. The predicted octanol–water partition coefficient (Wildman–Crippen LogP) is 0.363. The van der Waals surface area contributed by atoms with Gasteiger partial charge in [0, 0.05) is 26.1 Å². The Balaban J connectivity index is 2.20. The summed E-state index contributed by atoms with van der Waals surface area (Å²) in [5, 5.41) is 0. The number of hydrogen-bond donors (Lipinski definition) is 1. The van der Waals surface area contributed by atoms with Crippen LogP contribution in [0.4, 0.5) is 0 Å². The second-order valence-electron chi connectivity index (χ2n) is 3.59. The summed E-state index contributed by atoms with van der Waals surface area (Å²) < 4.78 is 5.53. The average molecular weight is 200 g/mol. The molecule has 0 aromatic carbocycles. The first kappa shape index (κ1) is 11.5. The lowest BCUT2D eigenvalue weighted by Crippen LogP contribution is -2.40. The number of ether oxygens (including phenoxy) is 1. The van der Waals surface area contributed by atoms with Gasteiger partial charge >= 0.3 is 0 Å². The van der Waals surface area contributed by atoms with Crippen LogP contribution in [0.2, 0.25) is 0 Å². The molecule has 1 saturated heterocycles. The molecule has 1 amide bonds. The zero-order valence-electron chi connectivity index (χ0n) is 8.87. The summed E-state index contributed by atoms with van der Waals surface area (Å²) in [4.78, 5) is 13.3. The van der Waals surface area contributed by atoms with Crippen molar-refractivity contribution >= 4 is 5.91 Å². The monoisotopic (exact) mass is 200 g/mol. The Hall–Kier alpha value is -0.610. The van der Waals surface area contributed by atoms with E-state index in [-0.39, 0.29) is 5.91 Å².